The fourth-order valence-corrected chi connectivity index (χ4v) is 8.86. The average Bonchev–Trinajstić information content (AvgIpc) is 2.60. The van der Waals surface area contributed by atoms with E-state index in [0.717, 1.165) is 68.1 Å². The number of hydrogen-bond donors (Lipinski definition) is 2. The minimum atomic E-state index is 0.510. The van der Waals surface area contributed by atoms with Gasteiger partial charge in [0.1, 0.15) is 0 Å². The lowest BCUT2D eigenvalue weighted by Crippen LogP contribution is -2.01. The summed E-state index contributed by atoms with van der Waals surface area (Å²) >= 11 is 29.7. The molecule has 0 radical (unpaired) electrons. The van der Waals surface area contributed by atoms with Crippen molar-refractivity contribution in [3.05, 3.63) is 35.8 Å². The van der Waals surface area contributed by atoms with Crippen LogP contribution in [0.25, 0.3) is 32.3 Å². The van der Waals surface area contributed by atoms with Crippen molar-refractivity contribution >= 4 is 171 Å². The first-order chi connectivity index (χ1) is 12.1. The molecule has 0 spiro atoms. The second-order valence-electron chi connectivity index (χ2n) is 5.59. The third-order valence-corrected chi connectivity index (χ3v) is 12.9. The minimum Gasteiger partial charge on any atom is -0.396 e. The SMILES string of the molecule is Nc1c(N)c2c(Br)c(Br)c3c(Br)c(Br)c(Br)c4c(Br)c(Br)c(c1Br)c2c34. The third-order valence-electron chi connectivity index (χ3n) is 4.35. The summed E-state index contributed by atoms with van der Waals surface area (Å²) in [5.41, 5.74) is 13.8. The van der Waals surface area contributed by atoms with E-state index in [2.05, 4.69) is 127 Å². The van der Waals surface area contributed by atoms with Crippen LogP contribution in [0.5, 0.6) is 0 Å². The number of rotatable bonds is 0. The van der Waals surface area contributed by atoms with Gasteiger partial charge >= 0.3 is 0 Å². The molecular weight excluding hydrogens is 859 g/mol. The van der Waals surface area contributed by atoms with E-state index >= 15 is 0 Å². The van der Waals surface area contributed by atoms with E-state index in [9.17, 15) is 0 Å². The summed E-state index contributed by atoms with van der Waals surface area (Å²) in [5, 5.41) is 5.99. The Balaban J connectivity index is 2.63. The zero-order valence-electron chi connectivity index (χ0n) is 12.2. The number of halogens is 8. The average molecular weight is 863 g/mol. The highest BCUT2D eigenvalue weighted by atomic mass is 79.9. The van der Waals surface area contributed by atoms with Crippen LogP contribution in [0.15, 0.2) is 35.8 Å². The molecule has 4 aromatic carbocycles. The molecule has 0 unspecified atom stereocenters. The molecule has 0 aromatic heterocycles. The van der Waals surface area contributed by atoms with Gasteiger partial charge in [0.05, 0.1) is 15.8 Å². The van der Waals surface area contributed by atoms with E-state index in [1.54, 1.807) is 0 Å². The fourth-order valence-electron chi connectivity index (χ4n) is 3.20. The van der Waals surface area contributed by atoms with Crippen LogP contribution in [0.1, 0.15) is 0 Å². The van der Waals surface area contributed by atoms with Crippen molar-refractivity contribution in [3.63, 3.8) is 0 Å². The van der Waals surface area contributed by atoms with E-state index in [1.165, 1.54) is 0 Å². The molecule has 4 N–H and O–H groups in total. The van der Waals surface area contributed by atoms with E-state index < -0.39 is 0 Å². The highest BCUT2D eigenvalue weighted by Crippen LogP contribution is 2.58. The molecule has 0 saturated heterocycles. The lowest BCUT2D eigenvalue weighted by atomic mass is 9.93. The zero-order chi connectivity index (χ0) is 19.2. The molecule has 0 aliphatic carbocycles. The Morgan fingerprint density at radius 3 is 1.08 bits per heavy atom. The summed E-state index contributed by atoms with van der Waals surface area (Å²) < 4.78 is 7.16. The molecule has 10 heteroatoms. The normalized spacial score (nSPS) is 12.2. The van der Waals surface area contributed by atoms with Crippen LogP contribution < -0.4 is 11.5 Å². The van der Waals surface area contributed by atoms with E-state index in [1.807, 2.05) is 0 Å². The quantitative estimate of drug-likeness (QED) is 0.105. The van der Waals surface area contributed by atoms with Gasteiger partial charge in [-0.15, -0.1) is 0 Å². The van der Waals surface area contributed by atoms with Gasteiger partial charge in [0, 0.05) is 63.6 Å². The summed E-state index contributed by atoms with van der Waals surface area (Å²) in [4.78, 5) is 0. The van der Waals surface area contributed by atoms with E-state index in [0.29, 0.717) is 11.4 Å². The van der Waals surface area contributed by atoms with Crippen LogP contribution in [0.3, 0.4) is 0 Å². The van der Waals surface area contributed by atoms with E-state index in [4.69, 9.17) is 11.5 Å². The Kier molecular flexibility index (Phi) is 5.52. The number of nitrogen functional groups attached to an aromatic ring is 2. The Morgan fingerprint density at radius 2 is 0.615 bits per heavy atom. The van der Waals surface area contributed by atoms with Gasteiger partial charge in [-0.25, -0.2) is 0 Å². The molecule has 0 atom stereocenters. The van der Waals surface area contributed by atoms with Crippen LogP contribution in [0, 0.1) is 0 Å². The monoisotopic (exact) mass is 855 g/mol. The molecule has 26 heavy (non-hydrogen) atoms. The fraction of sp³-hybridized carbons (Fsp3) is 0. The molecule has 0 aliphatic heterocycles. The lowest BCUT2D eigenvalue weighted by Gasteiger charge is -2.23. The smallest absolute Gasteiger partial charge is 0.0705 e. The molecule has 0 aliphatic rings. The molecule has 4 rings (SSSR count). The molecular formula is C16H4Br8N2. The summed E-state index contributed by atoms with van der Waals surface area (Å²) in [6.07, 6.45) is 0. The summed E-state index contributed by atoms with van der Waals surface area (Å²) in [6.45, 7) is 0. The molecule has 4 aromatic rings. The van der Waals surface area contributed by atoms with Gasteiger partial charge in [-0.1, -0.05) is 0 Å². The molecule has 0 saturated carbocycles. The topological polar surface area (TPSA) is 52.0 Å². The minimum absolute atomic E-state index is 0.510. The zero-order valence-corrected chi connectivity index (χ0v) is 24.9. The Hall–Kier alpha value is 1.36. The van der Waals surface area contributed by atoms with Crippen molar-refractivity contribution < 1.29 is 0 Å². The Morgan fingerprint density at radius 1 is 0.308 bits per heavy atom. The highest BCUT2D eigenvalue weighted by Gasteiger charge is 2.28. The third kappa shape index (κ3) is 2.51. The summed E-state index contributed by atoms with van der Waals surface area (Å²) in [6, 6.07) is 0. The first-order valence-corrected chi connectivity index (χ1v) is 13.2. The van der Waals surface area contributed by atoms with Crippen LogP contribution in [0.4, 0.5) is 11.4 Å². The Labute approximate surface area is 215 Å². The molecule has 0 fully saturated rings. The predicted octanol–water partition coefficient (Wildman–Crippen LogP) is 9.85. The van der Waals surface area contributed by atoms with Crippen molar-refractivity contribution in [2.24, 2.45) is 0 Å². The maximum absolute atomic E-state index is 6.43. The van der Waals surface area contributed by atoms with Crippen molar-refractivity contribution in [2.45, 2.75) is 0 Å². The molecule has 0 bridgehead atoms. The summed E-state index contributed by atoms with van der Waals surface area (Å²) in [7, 11) is 0. The molecule has 134 valence electrons. The van der Waals surface area contributed by atoms with Crippen LogP contribution in [-0.4, -0.2) is 0 Å². The van der Waals surface area contributed by atoms with Crippen molar-refractivity contribution in [2.75, 3.05) is 11.5 Å². The van der Waals surface area contributed by atoms with Gasteiger partial charge in [-0.2, -0.15) is 0 Å². The first kappa shape index (κ1) is 20.6. The molecule has 0 heterocycles. The highest BCUT2D eigenvalue weighted by molar-refractivity contribution is 9.15. The van der Waals surface area contributed by atoms with E-state index in [-0.39, 0.29) is 0 Å². The largest absolute Gasteiger partial charge is 0.396 e. The summed E-state index contributed by atoms with van der Waals surface area (Å²) in [5.74, 6) is 0. The standard InChI is InChI=1S/C16H4Br8N2/c17-7-3-1-2-5(9(7)19)13(23)16(26)15(25)6(2)12(22)8(18)4(1)11(21)14(24)10(3)20/h25-26H2. The van der Waals surface area contributed by atoms with Crippen LogP contribution >= 0.6 is 127 Å². The van der Waals surface area contributed by atoms with Crippen LogP contribution in [0.2, 0.25) is 0 Å². The molecule has 2 nitrogen and oxygen atoms in total. The van der Waals surface area contributed by atoms with Gasteiger partial charge in [-0.3, -0.25) is 0 Å². The van der Waals surface area contributed by atoms with Gasteiger partial charge in [0.25, 0.3) is 0 Å². The van der Waals surface area contributed by atoms with Crippen molar-refractivity contribution in [1.29, 1.82) is 0 Å². The van der Waals surface area contributed by atoms with Crippen molar-refractivity contribution in [3.8, 4) is 0 Å². The number of hydrogen-bond acceptors (Lipinski definition) is 2. The second-order valence-corrected chi connectivity index (χ2v) is 11.9. The lowest BCUT2D eigenvalue weighted by molar-refractivity contribution is 1.58. The maximum atomic E-state index is 6.43. The maximum Gasteiger partial charge on any atom is 0.0705 e. The van der Waals surface area contributed by atoms with Crippen molar-refractivity contribution in [1.82, 2.24) is 0 Å². The van der Waals surface area contributed by atoms with Gasteiger partial charge in [0.2, 0.25) is 0 Å². The van der Waals surface area contributed by atoms with Gasteiger partial charge in [-0.05, 0) is 127 Å². The van der Waals surface area contributed by atoms with Gasteiger partial charge in [0.15, 0.2) is 0 Å². The predicted molar refractivity (Wildman–Crippen MR) is 141 cm³/mol. The number of anilines is 2. The first-order valence-electron chi connectivity index (χ1n) is 6.84. The number of benzene rings is 4. The number of nitrogens with two attached hydrogens (primary N) is 2. The van der Waals surface area contributed by atoms with Crippen LogP contribution in [-0.2, 0) is 0 Å². The Bertz CT molecular complexity index is 1090. The van der Waals surface area contributed by atoms with Gasteiger partial charge < -0.3 is 11.5 Å². The molecule has 0 amide bonds. The second kappa shape index (κ2) is 6.96.